The van der Waals surface area contributed by atoms with Crippen LogP contribution in [-0.2, 0) is 4.79 Å². The van der Waals surface area contributed by atoms with E-state index >= 15 is 0 Å². The fourth-order valence-electron chi connectivity index (χ4n) is 4.16. The second-order valence-corrected chi connectivity index (χ2v) is 7.99. The molecule has 2 saturated heterocycles. The maximum absolute atomic E-state index is 12.8. The molecule has 0 radical (unpaired) electrons. The zero-order valence-electron chi connectivity index (χ0n) is 17.1. The quantitative estimate of drug-likeness (QED) is 0.861. The van der Waals surface area contributed by atoms with E-state index in [4.69, 9.17) is 0 Å². The summed E-state index contributed by atoms with van der Waals surface area (Å²) in [7, 11) is 0. The Morgan fingerprint density at radius 3 is 2.10 bits per heavy atom. The Hall–Kier alpha value is -2.73. The molecule has 0 bridgehead atoms. The normalized spacial score (nSPS) is 18.2. The smallest absolute Gasteiger partial charge is 0.236 e. The molecule has 2 aromatic carbocycles. The number of hydrogen-bond donors (Lipinski definition) is 1. The van der Waals surface area contributed by atoms with E-state index in [2.05, 4.69) is 45.9 Å². The molecule has 0 aromatic heterocycles. The van der Waals surface area contributed by atoms with Crippen LogP contribution in [0, 0.1) is 6.92 Å². The van der Waals surface area contributed by atoms with Crippen LogP contribution in [0.5, 0.6) is 5.75 Å². The van der Waals surface area contributed by atoms with Gasteiger partial charge in [0.15, 0.2) is 0 Å². The number of hydrogen-bond acceptors (Lipinski definition) is 5. The van der Waals surface area contributed by atoms with Gasteiger partial charge in [-0.1, -0.05) is 12.1 Å². The van der Waals surface area contributed by atoms with Crippen molar-refractivity contribution >= 4 is 17.3 Å². The lowest BCUT2D eigenvalue weighted by molar-refractivity contribution is -0.132. The second kappa shape index (κ2) is 8.74. The van der Waals surface area contributed by atoms with Crippen molar-refractivity contribution in [2.24, 2.45) is 0 Å². The number of benzene rings is 2. The van der Waals surface area contributed by atoms with Gasteiger partial charge in [0.2, 0.25) is 5.91 Å². The minimum absolute atomic E-state index is 0.243. The number of phenolic OH excluding ortho intramolecular Hbond substituents is 1. The molecule has 6 heteroatoms. The van der Waals surface area contributed by atoms with Gasteiger partial charge in [-0.25, -0.2) is 0 Å². The molecule has 2 aromatic rings. The minimum Gasteiger partial charge on any atom is -0.508 e. The maximum atomic E-state index is 12.8. The van der Waals surface area contributed by atoms with Crippen molar-refractivity contribution < 1.29 is 9.90 Å². The van der Waals surface area contributed by atoms with Crippen LogP contribution in [0.1, 0.15) is 5.56 Å². The Balaban J connectivity index is 1.23. The summed E-state index contributed by atoms with van der Waals surface area (Å²) in [5.41, 5.74) is 3.65. The van der Waals surface area contributed by atoms with Crippen LogP contribution in [0.15, 0.2) is 48.5 Å². The summed E-state index contributed by atoms with van der Waals surface area (Å²) >= 11 is 0. The molecule has 2 aliphatic heterocycles. The van der Waals surface area contributed by atoms with Crippen molar-refractivity contribution in [1.82, 2.24) is 9.80 Å². The Bertz CT molecular complexity index is 823. The Labute approximate surface area is 172 Å². The van der Waals surface area contributed by atoms with Crippen LogP contribution in [0.4, 0.5) is 11.4 Å². The number of aromatic hydroxyl groups is 1. The van der Waals surface area contributed by atoms with E-state index in [1.165, 1.54) is 11.3 Å². The standard InChI is InChI=1S/C23H30N4O2/c1-19-3-2-4-21(17-19)26-13-15-27(16-14-26)23(29)18-24-9-11-25(12-10-24)20-5-7-22(28)8-6-20/h2-8,17,28H,9-16,18H2,1H3. The fraction of sp³-hybridized carbons (Fsp3) is 0.435. The predicted molar refractivity (Wildman–Crippen MR) is 117 cm³/mol. The third-order valence-electron chi connectivity index (χ3n) is 5.95. The third kappa shape index (κ3) is 4.82. The first-order chi connectivity index (χ1) is 14.1. The molecule has 2 aliphatic rings. The van der Waals surface area contributed by atoms with E-state index in [0.717, 1.165) is 58.0 Å². The highest BCUT2D eigenvalue weighted by Crippen LogP contribution is 2.20. The number of amides is 1. The number of anilines is 2. The highest BCUT2D eigenvalue weighted by molar-refractivity contribution is 5.78. The fourth-order valence-corrected chi connectivity index (χ4v) is 4.16. The Morgan fingerprint density at radius 2 is 1.45 bits per heavy atom. The van der Waals surface area contributed by atoms with Crippen LogP contribution in [-0.4, -0.2) is 79.7 Å². The van der Waals surface area contributed by atoms with E-state index < -0.39 is 0 Å². The van der Waals surface area contributed by atoms with Gasteiger partial charge in [-0.05, 0) is 48.9 Å². The van der Waals surface area contributed by atoms with E-state index in [0.29, 0.717) is 12.3 Å². The molecule has 154 valence electrons. The lowest BCUT2D eigenvalue weighted by Crippen LogP contribution is -2.54. The lowest BCUT2D eigenvalue weighted by Gasteiger charge is -2.39. The van der Waals surface area contributed by atoms with Crippen LogP contribution in [0.25, 0.3) is 0 Å². The molecule has 1 amide bonds. The first-order valence-electron chi connectivity index (χ1n) is 10.4. The molecule has 0 atom stereocenters. The Morgan fingerprint density at radius 1 is 0.828 bits per heavy atom. The van der Waals surface area contributed by atoms with Gasteiger partial charge in [0.1, 0.15) is 5.75 Å². The number of piperazine rings is 2. The van der Waals surface area contributed by atoms with Crippen LogP contribution >= 0.6 is 0 Å². The molecule has 0 aliphatic carbocycles. The van der Waals surface area contributed by atoms with Gasteiger partial charge < -0.3 is 19.8 Å². The lowest BCUT2D eigenvalue weighted by atomic mass is 10.2. The molecule has 4 rings (SSSR count). The second-order valence-electron chi connectivity index (χ2n) is 7.99. The minimum atomic E-state index is 0.243. The molecule has 6 nitrogen and oxygen atoms in total. The number of carbonyl (C=O) groups excluding carboxylic acids is 1. The van der Waals surface area contributed by atoms with E-state index in [9.17, 15) is 9.90 Å². The van der Waals surface area contributed by atoms with E-state index in [1.54, 1.807) is 12.1 Å². The van der Waals surface area contributed by atoms with Gasteiger partial charge in [0, 0.05) is 63.7 Å². The number of nitrogens with zero attached hydrogens (tertiary/aromatic N) is 4. The van der Waals surface area contributed by atoms with Crippen molar-refractivity contribution in [3.63, 3.8) is 0 Å². The van der Waals surface area contributed by atoms with Crippen molar-refractivity contribution in [3.8, 4) is 5.75 Å². The van der Waals surface area contributed by atoms with Gasteiger partial charge in [-0.3, -0.25) is 9.69 Å². The number of rotatable bonds is 4. The van der Waals surface area contributed by atoms with Gasteiger partial charge >= 0.3 is 0 Å². The number of aryl methyl sites for hydroxylation is 1. The maximum Gasteiger partial charge on any atom is 0.236 e. The molecule has 0 unspecified atom stereocenters. The van der Waals surface area contributed by atoms with Gasteiger partial charge in [-0.15, -0.1) is 0 Å². The van der Waals surface area contributed by atoms with Gasteiger partial charge in [0.25, 0.3) is 0 Å². The van der Waals surface area contributed by atoms with E-state index in [1.807, 2.05) is 17.0 Å². The van der Waals surface area contributed by atoms with Crippen LogP contribution in [0.3, 0.4) is 0 Å². The predicted octanol–water partition coefficient (Wildman–Crippen LogP) is 2.17. The number of phenols is 1. The van der Waals surface area contributed by atoms with Crippen molar-refractivity contribution in [1.29, 1.82) is 0 Å². The number of carbonyl (C=O) groups is 1. The molecular weight excluding hydrogens is 364 g/mol. The first kappa shape index (κ1) is 19.6. The zero-order valence-corrected chi connectivity index (χ0v) is 17.1. The zero-order chi connectivity index (χ0) is 20.2. The van der Waals surface area contributed by atoms with Crippen molar-refractivity contribution in [2.75, 3.05) is 68.7 Å². The summed E-state index contributed by atoms with van der Waals surface area (Å²) in [5.74, 6) is 0.535. The SMILES string of the molecule is Cc1cccc(N2CCN(C(=O)CN3CCN(c4ccc(O)cc4)CC3)CC2)c1. The molecule has 29 heavy (non-hydrogen) atoms. The molecule has 0 saturated carbocycles. The summed E-state index contributed by atoms with van der Waals surface area (Å²) in [4.78, 5) is 21.7. The molecule has 0 spiro atoms. The highest BCUT2D eigenvalue weighted by Gasteiger charge is 2.25. The van der Waals surface area contributed by atoms with Crippen molar-refractivity contribution in [3.05, 3.63) is 54.1 Å². The highest BCUT2D eigenvalue weighted by atomic mass is 16.3. The Kier molecular flexibility index (Phi) is 5.90. The first-order valence-corrected chi connectivity index (χ1v) is 10.4. The summed E-state index contributed by atoms with van der Waals surface area (Å²) in [6.45, 7) is 9.57. The average molecular weight is 395 g/mol. The van der Waals surface area contributed by atoms with Gasteiger partial charge in [0.05, 0.1) is 6.54 Å². The third-order valence-corrected chi connectivity index (χ3v) is 5.95. The van der Waals surface area contributed by atoms with E-state index in [-0.39, 0.29) is 5.91 Å². The monoisotopic (exact) mass is 394 g/mol. The topological polar surface area (TPSA) is 50.3 Å². The molecule has 1 N–H and O–H groups in total. The molecule has 2 fully saturated rings. The summed E-state index contributed by atoms with van der Waals surface area (Å²) in [6.07, 6.45) is 0. The molecule has 2 heterocycles. The van der Waals surface area contributed by atoms with Crippen LogP contribution < -0.4 is 9.80 Å². The van der Waals surface area contributed by atoms with Gasteiger partial charge in [-0.2, -0.15) is 0 Å². The largest absolute Gasteiger partial charge is 0.508 e. The summed E-state index contributed by atoms with van der Waals surface area (Å²) in [6, 6.07) is 15.9. The van der Waals surface area contributed by atoms with Crippen molar-refractivity contribution in [2.45, 2.75) is 6.92 Å². The molecular formula is C23H30N4O2. The average Bonchev–Trinajstić information content (AvgIpc) is 2.75. The summed E-state index contributed by atoms with van der Waals surface area (Å²) in [5, 5.41) is 9.44. The summed E-state index contributed by atoms with van der Waals surface area (Å²) < 4.78 is 0. The van der Waals surface area contributed by atoms with Crippen LogP contribution in [0.2, 0.25) is 0 Å².